The van der Waals surface area contributed by atoms with Crippen molar-refractivity contribution >= 4 is 11.9 Å². The molecule has 1 amide bonds. The first-order valence-electron chi connectivity index (χ1n) is 7.80. The van der Waals surface area contributed by atoms with E-state index in [1.807, 2.05) is 0 Å². The van der Waals surface area contributed by atoms with Crippen molar-refractivity contribution in [1.29, 1.82) is 0 Å². The number of rotatable bonds is 3. The average Bonchev–Trinajstić information content (AvgIpc) is 3.12. The zero-order valence-corrected chi connectivity index (χ0v) is 12.9. The van der Waals surface area contributed by atoms with E-state index in [4.69, 9.17) is 5.11 Å². The summed E-state index contributed by atoms with van der Waals surface area (Å²) >= 11 is 0. The average molecular weight is 281 g/mol. The van der Waals surface area contributed by atoms with Crippen LogP contribution in [0.1, 0.15) is 65.7 Å². The third kappa shape index (κ3) is 3.15. The summed E-state index contributed by atoms with van der Waals surface area (Å²) in [6.45, 7) is 6.83. The van der Waals surface area contributed by atoms with Crippen LogP contribution in [0.3, 0.4) is 0 Å². The Hall–Kier alpha value is -1.06. The molecule has 2 unspecified atom stereocenters. The molecule has 4 heteroatoms. The molecule has 0 aromatic heterocycles. The van der Waals surface area contributed by atoms with E-state index in [1.165, 1.54) is 6.42 Å². The van der Waals surface area contributed by atoms with Crippen LogP contribution in [-0.2, 0) is 9.59 Å². The highest BCUT2D eigenvalue weighted by molar-refractivity contribution is 6.04. The Labute approximate surface area is 121 Å². The Morgan fingerprint density at radius 3 is 2.25 bits per heavy atom. The maximum atomic E-state index is 12.1. The number of carboxylic acid groups (broad SMARTS) is 1. The summed E-state index contributed by atoms with van der Waals surface area (Å²) in [6.07, 6.45) is 6.38. The van der Waals surface area contributed by atoms with Crippen molar-refractivity contribution in [1.82, 2.24) is 5.32 Å². The van der Waals surface area contributed by atoms with E-state index in [-0.39, 0.29) is 11.9 Å². The first-order chi connectivity index (χ1) is 9.25. The number of carboxylic acids is 1. The second kappa shape index (κ2) is 5.38. The third-order valence-corrected chi connectivity index (χ3v) is 5.12. The van der Waals surface area contributed by atoms with Crippen LogP contribution in [0.15, 0.2) is 0 Å². The van der Waals surface area contributed by atoms with E-state index in [1.54, 1.807) is 0 Å². The van der Waals surface area contributed by atoms with E-state index in [2.05, 4.69) is 26.1 Å². The smallest absolute Gasteiger partial charge is 0.319 e. The Morgan fingerprint density at radius 2 is 1.75 bits per heavy atom. The summed E-state index contributed by atoms with van der Waals surface area (Å²) in [6, 6.07) is 0.159. The van der Waals surface area contributed by atoms with Crippen molar-refractivity contribution in [2.24, 2.45) is 16.7 Å². The van der Waals surface area contributed by atoms with Gasteiger partial charge in [-0.2, -0.15) is 0 Å². The predicted molar refractivity (Wildman–Crippen MR) is 77.3 cm³/mol. The summed E-state index contributed by atoms with van der Waals surface area (Å²) in [5.41, 5.74) is -0.784. The zero-order valence-electron chi connectivity index (χ0n) is 12.9. The number of hydrogen-bond acceptors (Lipinski definition) is 2. The molecule has 2 fully saturated rings. The maximum Gasteiger partial charge on any atom is 0.319 e. The summed E-state index contributed by atoms with van der Waals surface area (Å²) in [4.78, 5) is 23.3. The van der Waals surface area contributed by atoms with Gasteiger partial charge in [0.05, 0.1) is 0 Å². The van der Waals surface area contributed by atoms with Crippen LogP contribution in [0.2, 0.25) is 0 Å². The van der Waals surface area contributed by atoms with E-state index >= 15 is 0 Å². The van der Waals surface area contributed by atoms with Gasteiger partial charge < -0.3 is 10.4 Å². The van der Waals surface area contributed by atoms with Crippen LogP contribution >= 0.6 is 0 Å². The predicted octanol–water partition coefficient (Wildman–Crippen LogP) is 2.96. The van der Waals surface area contributed by atoms with E-state index < -0.39 is 11.4 Å². The molecule has 0 heterocycles. The largest absolute Gasteiger partial charge is 0.480 e. The normalized spacial score (nSPS) is 29.4. The Kier molecular flexibility index (Phi) is 4.12. The number of hydrogen-bond donors (Lipinski definition) is 2. The molecule has 2 rings (SSSR count). The van der Waals surface area contributed by atoms with Gasteiger partial charge in [-0.15, -0.1) is 0 Å². The molecule has 4 nitrogen and oxygen atoms in total. The van der Waals surface area contributed by atoms with Crippen molar-refractivity contribution in [3.63, 3.8) is 0 Å². The Bertz CT molecular complexity index is 393. The molecule has 0 bridgehead atoms. The molecule has 0 aliphatic heterocycles. The molecule has 20 heavy (non-hydrogen) atoms. The molecule has 2 saturated carbocycles. The van der Waals surface area contributed by atoms with Crippen molar-refractivity contribution in [3.8, 4) is 0 Å². The second-order valence-electron chi connectivity index (χ2n) is 7.63. The van der Waals surface area contributed by atoms with Gasteiger partial charge in [0.2, 0.25) is 5.91 Å². The lowest BCUT2D eigenvalue weighted by Gasteiger charge is -2.29. The fourth-order valence-electron chi connectivity index (χ4n) is 3.30. The molecule has 0 aromatic carbocycles. The first kappa shape index (κ1) is 15.3. The highest BCUT2D eigenvalue weighted by Gasteiger charge is 2.57. The molecule has 0 radical (unpaired) electrons. The highest BCUT2D eigenvalue weighted by Crippen LogP contribution is 2.46. The van der Waals surface area contributed by atoms with Crippen LogP contribution in [0.25, 0.3) is 0 Å². The van der Waals surface area contributed by atoms with Crippen molar-refractivity contribution < 1.29 is 14.7 Å². The molecule has 2 aliphatic rings. The van der Waals surface area contributed by atoms with Crippen molar-refractivity contribution in [2.75, 3.05) is 0 Å². The molecule has 0 saturated heterocycles. The van der Waals surface area contributed by atoms with Crippen molar-refractivity contribution in [3.05, 3.63) is 0 Å². The molecule has 114 valence electrons. The first-order valence-corrected chi connectivity index (χ1v) is 7.80. The van der Waals surface area contributed by atoms with Gasteiger partial charge in [0.25, 0.3) is 0 Å². The van der Waals surface area contributed by atoms with Crippen LogP contribution in [0.4, 0.5) is 0 Å². The third-order valence-electron chi connectivity index (χ3n) is 5.12. The lowest BCUT2D eigenvalue weighted by atomic mass is 9.76. The fourth-order valence-corrected chi connectivity index (χ4v) is 3.30. The standard InChI is InChI=1S/C16H27NO3/c1-15(2,3)11-5-4-6-12(8-7-11)17-13(18)16(9-10-16)14(19)20/h11-12H,4-10H2,1-3H3,(H,17,18)(H,19,20). The Balaban J connectivity index is 1.89. The van der Waals surface area contributed by atoms with E-state index in [9.17, 15) is 9.59 Å². The highest BCUT2D eigenvalue weighted by atomic mass is 16.4. The number of nitrogens with one attached hydrogen (secondary N) is 1. The van der Waals surface area contributed by atoms with Crippen LogP contribution < -0.4 is 5.32 Å². The van der Waals surface area contributed by atoms with Gasteiger partial charge in [0.1, 0.15) is 5.41 Å². The molecule has 2 N–H and O–H groups in total. The molecule has 2 aliphatic carbocycles. The van der Waals surface area contributed by atoms with E-state index in [0.717, 1.165) is 25.7 Å². The summed E-state index contributed by atoms with van der Waals surface area (Å²) in [7, 11) is 0. The monoisotopic (exact) mass is 281 g/mol. The van der Waals surface area contributed by atoms with Gasteiger partial charge in [-0.05, 0) is 49.9 Å². The molecule has 0 aromatic rings. The lowest BCUT2D eigenvalue weighted by molar-refractivity contribution is -0.149. The minimum Gasteiger partial charge on any atom is -0.480 e. The maximum absolute atomic E-state index is 12.1. The summed E-state index contributed by atoms with van der Waals surface area (Å²) in [5.74, 6) is -0.529. The number of carbonyl (C=O) groups excluding carboxylic acids is 1. The van der Waals surface area contributed by atoms with Gasteiger partial charge >= 0.3 is 5.97 Å². The minimum atomic E-state index is -1.10. The molecule has 2 atom stereocenters. The Morgan fingerprint density at radius 1 is 1.10 bits per heavy atom. The van der Waals surface area contributed by atoms with Crippen LogP contribution in [-0.4, -0.2) is 23.0 Å². The van der Waals surface area contributed by atoms with Crippen molar-refractivity contribution in [2.45, 2.75) is 71.8 Å². The molecule has 0 spiro atoms. The molecular weight excluding hydrogens is 254 g/mol. The van der Waals surface area contributed by atoms with Crippen LogP contribution in [0, 0.1) is 16.7 Å². The quantitative estimate of drug-likeness (QED) is 0.617. The number of amides is 1. The van der Waals surface area contributed by atoms with E-state index in [0.29, 0.717) is 24.2 Å². The van der Waals surface area contributed by atoms with Crippen LogP contribution in [0.5, 0.6) is 0 Å². The minimum absolute atomic E-state index is 0.159. The van der Waals surface area contributed by atoms with Gasteiger partial charge in [-0.1, -0.05) is 27.2 Å². The summed E-state index contributed by atoms with van der Waals surface area (Å²) < 4.78 is 0. The topological polar surface area (TPSA) is 66.4 Å². The van der Waals surface area contributed by atoms with Gasteiger partial charge in [-0.3, -0.25) is 9.59 Å². The second-order valence-corrected chi connectivity index (χ2v) is 7.63. The van der Waals surface area contributed by atoms with Gasteiger partial charge in [0, 0.05) is 6.04 Å². The number of carbonyl (C=O) groups is 2. The summed E-state index contributed by atoms with van der Waals surface area (Å²) in [5, 5.41) is 12.1. The zero-order chi connectivity index (χ0) is 15.0. The fraction of sp³-hybridized carbons (Fsp3) is 0.875. The van der Waals surface area contributed by atoms with Gasteiger partial charge in [0.15, 0.2) is 0 Å². The lowest BCUT2D eigenvalue weighted by Crippen LogP contribution is -2.42. The number of aliphatic carboxylic acids is 1. The SMILES string of the molecule is CC(C)(C)C1CCCC(NC(=O)C2(C(=O)O)CC2)CC1. The van der Waals surface area contributed by atoms with Gasteiger partial charge in [-0.25, -0.2) is 0 Å². The molecular formula is C16H27NO3.